The van der Waals surface area contributed by atoms with E-state index in [2.05, 4.69) is 10.6 Å². The molecule has 3 rings (SSSR count). The van der Waals surface area contributed by atoms with Crippen LogP contribution in [-0.4, -0.2) is 11.8 Å². The summed E-state index contributed by atoms with van der Waals surface area (Å²) < 4.78 is 0. The summed E-state index contributed by atoms with van der Waals surface area (Å²) in [5.41, 5.74) is 2.62. The second kappa shape index (κ2) is 7.09. The number of fused-ring (bicyclic) bond motifs is 1. The topological polar surface area (TPSA) is 58.2 Å². The number of rotatable bonds is 4. The van der Waals surface area contributed by atoms with E-state index in [-0.39, 0.29) is 36.7 Å². The Hall–Kier alpha value is -2.33. The third kappa shape index (κ3) is 3.46. The first kappa shape index (κ1) is 16.0. The molecule has 1 heterocycles. The Morgan fingerprint density at radius 1 is 1.05 bits per heavy atom. The number of carbonyl (C=O) groups is 2. The first-order valence-corrected chi connectivity index (χ1v) is 6.94. The molecule has 1 aliphatic rings. The average molecular weight is 317 g/mol. The minimum Gasteiger partial charge on any atom is -0.352 e. The fourth-order valence-corrected chi connectivity index (χ4v) is 2.54. The highest BCUT2D eigenvalue weighted by molar-refractivity contribution is 5.99. The van der Waals surface area contributed by atoms with Gasteiger partial charge in [0.25, 0.3) is 5.91 Å². The largest absolute Gasteiger partial charge is 0.352 e. The van der Waals surface area contributed by atoms with Crippen molar-refractivity contribution in [3.8, 4) is 0 Å². The molecule has 0 aliphatic carbocycles. The maximum Gasteiger partial charge on any atom is 0.252 e. The molecule has 5 heteroatoms. The summed E-state index contributed by atoms with van der Waals surface area (Å²) in [4.78, 5) is 23.8. The number of hydrogen-bond acceptors (Lipinski definition) is 2. The van der Waals surface area contributed by atoms with Gasteiger partial charge in [-0.3, -0.25) is 9.59 Å². The lowest BCUT2D eigenvalue weighted by Gasteiger charge is -2.12. The van der Waals surface area contributed by atoms with Gasteiger partial charge in [-0.25, -0.2) is 0 Å². The van der Waals surface area contributed by atoms with E-state index < -0.39 is 0 Å². The van der Waals surface area contributed by atoms with Crippen LogP contribution in [0.3, 0.4) is 0 Å². The van der Waals surface area contributed by atoms with Crippen LogP contribution in [0.5, 0.6) is 0 Å². The van der Waals surface area contributed by atoms with Crippen LogP contribution in [0.2, 0.25) is 0 Å². The van der Waals surface area contributed by atoms with Crippen molar-refractivity contribution in [2.75, 3.05) is 0 Å². The number of nitrogens with one attached hydrogen (secondary N) is 2. The fourth-order valence-electron chi connectivity index (χ4n) is 2.54. The van der Waals surface area contributed by atoms with Crippen LogP contribution in [0.1, 0.15) is 33.9 Å². The Bertz CT molecular complexity index is 673. The highest BCUT2D eigenvalue weighted by Crippen LogP contribution is 2.27. The third-order valence-electron chi connectivity index (χ3n) is 3.61. The molecule has 0 aromatic heterocycles. The predicted molar refractivity (Wildman–Crippen MR) is 86.8 cm³/mol. The van der Waals surface area contributed by atoms with Crippen molar-refractivity contribution < 1.29 is 9.59 Å². The summed E-state index contributed by atoms with van der Waals surface area (Å²) in [5, 5.41) is 5.73. The van der Waals surface area contributed by atoms with Crippen molar-refractivity contribution in [3.63, 3.8) is 0 Å². The second-order valence-electron chi connectivity index (χ2n) is 5.08. The monoisotopic (exact) mass is 316 g/mol. The number of benzene rings is 2. The Kier molecular flexibility index (Phi) is 5.17. The number of halogens is 1. The lowest BCUT2D eigenvalue weighted by atomic mass is 10.0. The summed E-state index contributed by atoms with van der Waals surface area (Å²) in [6.45, 7) is 0.502. The maximum absolute atomic E-state index is 12.0. The zero-order valence-electron chi connectivity index (χ0n) is 11.9. The van der Waals surface area contributed by atoms with Gasteiger partial charge >= 0.3 is 0 Å². The standard InChI is InChI=1S/C17H16N2O2.ClH/c20-16(18-11-12-6-2-1-3-7-12)10-15-13-8-4-5-9-14(13)17(21)19-15;/h1-9,15H,10-11H2,(H,18,20)(H,19,21);1H. The van der Waals surface area contributed by atoms with Crippen LogP contribution in [-0.2, 0) is 11.3 Å². The zero-order chi connectivity index (χ0) is 14.7. The van der Waals surface area contributed by atoms with Crippen LogP contribution < -0.4 is 10.6 Å². The lowest BCUT2D eigenvalue weighted by Crippen LogP contribution is -2.28. The second-order valence-corrected chi connectivity index (χ2v) is 5.08. The molecule has 2 amide bonds. The zero-order valence-corrected chi connectivity index (χ0v) is 12.7. The predicted octanol–water partition coefficient (Wildman–Crippen LogP) is 2.60. The summed E-state index contributed by atoms with van der Waals surface area (Å²) in [7, 11) is 0. The fraction of sp³-hybridized carbons (Fsp3) is 0.176. The highest BCUT2D eigenvalue weighted by atomic mass is 35.5. The van der Waals surface area contributed by atoms with Crippen molar-refractivity contribution >= 4 is 24.2 Å². The van der Waals surface area contributed by atoms with Gasteiger partial charge in [0.1, 0.15) is 0 Å². The number of hydrogen-bond donors (Lipinski definition) is 2. The third-order valence-corrected chi connectivity index (χ3v) is 3.61. The number of amides is 2. The molecule has 1 atom stereocenters. The molecule has 114 valence electrons. The minimum atomic E-state index is -0.232. The van der Waals surface area contributed by atoms with Crippen molar-refractivity contribution in [1.29, 1.82) is 0 Å². The average Bonchev–Trinajstić information content (AvgIpc) is 2.83. The first-order valence-electron chi connectivity index (χ1n) is 6.94. The van der Waals surface area contributed by atoms with E-state index in [1.54, 1.807) is 6.07 Å². The van der Waals surface area contributed by atoms with Gasteiger partial charge in [-0.15, -0.1) is 12.4 Å². The van der Waals surface area contributed by atoms with E-state index in [9.17, 15) is 9.59 Å². The Labute approximate surface area is 135 Å². The van der Waals surface area contributed by atoms with Gasteiger partial charge in [0.2, 0.25) is 5.91 Å². The number of carbonyl (C=O) groups excluding carboxylic acids is 2. The van der Waals surface area contributed by atoms with E-state index in [0.717, 1.165) is 11.1 Å². The molecule has 1 unspecified atom stereocenters. The van der Waals surface area contributed by atoms with Gasteiger partial charge < -0.3 is 10.6 Å². The smallest absolute Gasteiger partial charge is 0.252 e. The van der Waals surface area contributed by atoms with Crippen LogP contribution in [0.25, 0.3) is 0 Å². The van der Waals surface area contributed by atoms with E-state index >= 15 is 0 Å². The van der Waals surface area contributed by atoms with Gasteiger partial charge in [0.15, 0.2) is 0 Å². The van der Waals surface area contributed by atoms with Crippen molar-refractivity contribution in [3.05, 3.63) is 71.3 Å². The Balaban J connectivity index is 0.00000176. The van der Waals surface area contributed by atoms with Crippen LogP contribution in [0.15, 0.2) is 54.6 Å². The molecule has 2 aromatic carbocycles. The summed E-state index contributed by atoms with van der Waals surface area (Å²) in [6, 6.07) is 16.9. The van der Waals surface area contributed by atoms with Gasteiger partial charge in [-0.1, -0.05) is 48.5 Å². The van der Waals surface area contributed by atoms with Crippen molar-refractivity contribution in [1.82, 2.24) is 10.6 Å². The minimum absolute atomic E-state index is 0. The maximum atomic E-state index is 12.0. The molecule has 2 aromatic rings. The normalized spacial score (nSPS) is 15.5. The van der Waals surface area contributed by atoms with Gasteiger partial charge in [-0.05, 0) is 17.2 Å². The molecule has 22 heavy (non-hydrogen) atoms. The van der Waals surface area contributed by atoms with Crippen LogP contribution in [0.4, 0.5) is 0 Å². The quantitative estimate of drug-likeness (QED) is 0.911. The molecular formula is C17H17ClN2O2. The molecule has 0 radical (unpaired) electrons. The van der Waals surface area contributed by atoms with Crippen molar-refractivity contribution in [2.45, 2.75) is 19.0 Å². The van der Waals surface area contributed by atoms with Crippen molar-refractivity contribution in [2.24, 2.45) is 0 Å². The molecule has 0 saturated carbocycles. The summed E-state index contributed by atoms with van der Waals surface area (Å²) in [6.07, 6.45) is 0.260. The Morgan fingerprint density at radius 3 is 2.50 bits per heavy atom. The van der Waals surface area contributed by atoms with E-state index in [1.807, 2.05) is 48.5 Å². The highest BCUT2D eigenvalue weighted by Gasteiger charge is 2.29. The Morgan fingerprint density at radius 2 is 1.73 bits per heavy atom. The summed E-state index contributed by atoms with van der Waals surface area (Å²) >= 11 is 0. The molecular weight excluding hydrogens is 300 g/mol. The summed E-state index contributed by atoms with van der Waals surface area (Å²) in [5.74, 6) is -0.174. The lowest BCUT2D eigenvalue weighted by molar-refractivity contribution is -0.121. The molecule has 2 N–H and O–H groups in total. The van der Waals surface area contributed by atoms with Crippen LogP contribution >= 0.6 is 12.4 Å². The molecule has 0 bridgehead atoms. The SMILES string of the molecule is Cl.O=C(CC1NC(=O)c2ccccc21)NCc1ccccc1. The van der Waals surface area contributed by atoms with E-state index in [0.29, 0.717) is 12.1 Å². The molecule has 1 aliphatic heterocycles. The van der Waals surface area contributed by atoms with Gasteiger partial charge in [0, 0.05) is 12.1 Å². The first-order chi connectivity index (χ1) is 10.2. The van der Waals surface area contributed by atoms with Crippen LogP contribution in [0, 0.1) is 0 Å². The van der Waals surface area contributed by atoms with E-state index in [1.165, 1.54) is 0 Å². The van der Waals surface area contributed by atoms with Gasteiger partial charge in [0.05, 0.1) is 12.5 Å². The van der Waals surface area contributed by atoms with Gasteiger partial charge in [-0.2, -0.15) is 0 Å². The molecule has 0 spiro atoms. The molecule has 0 saturated heterocycles. The molecule has 4 nitrogen and oxygen atoms in total. The van der Waals surface area contributed by atoms with E-state index in [4.69, 9.17) is 0 Å². The molecule has 0 fully saturated rings.